The first kappa shape index (κ1) is 11.5. The molecule has 5 heteroatoms. The van der Waals surface area contributed by atoms with Crippen molar-refractivity contribution in [2.24, 2.45) is 0 Å². The summed E-state index contributed by atoms with van der Waals surface area (Å²) in [4.78, 5) is 21.7. The fourth-order valence-electron chi connectivity index (χ4n) is 1.10. The van der Waals surface area contributed by atoms with Crippen molar-refractivity contribution >= 4 is 23.4 Å². The SMILES string of the molecule is O=C(O)CCC(=O)c1ccc(Cl)cc1O. The third-order valence-electron chi connectivity index (χ3n) is 1.83. The lowest BCUT2D eigenvalue weighted by Crippen LogP contribution is -2.03. The minimum atomic E-state index is -1.04. The molecule has 0 saturated carbocycles. The van der Waals surface area contributed by atoms with Gasteiger partial charge in [0.15, 0.2) is 5.78 Å². The quantitative estimate of drug-likeness (QED) is 0.774. The zero-order valence-corrected chi connectivity index (χ0v) is 8.49. The van der Waals surface area contributed by atoms with E-state index in [4.69, 9.17) is 16.7 Å². The molecule has 0 aromatic heterocycles. The summed E-state index contributed by atoms with van der Waals surface area (Å²) in [6.45, 7) is 0. The van der Waals surface area contributed by atoms with E-state index in [1.54, 1.807) is 0 Å². The standard InChI is InChI=1S/C10H9ClO4/c11-6-1-2-7(9(13)5-6)8(12)3-4-10(14)15/h1-2,5,13H,3-4H2,(H,14,15). The molecule has 0 atom stereocenters. The van der Waals surface area contributed by atoms with Gasteiger partial charge in [0.05, 0.1) is 12.0 Å². The summed E-state index contributed by atoms with van der Waals surface area (Å²) in [5.41, 5.74) is 0.0978. The molecule has 0 aliphatic rings. The lowest BCUT2D eigenvalue weighted by molar-refractivity contribution is -0.136. The van der Waals surface area contributed by atoms with Gasteiger partial charge >= 0.3 is 5.97 Å². The number of phenolic OH excluding ortho intramolecular Hbond substituents is 1. The van der Waals surface area contributed by atoms with E-state index in [0.29, 0.717) is 5.02 Å². The highest BCUT2D eigenvalue weighted by Crippen LogP contribution is 2.23. The van der Waals surface area contributed by atoms with Crippen LogP contribution in [0.15, 0.2) is 18.2 Å². The summed E-state index contributed by atoms with van der Waals surface area (Å²) in [5, 5.41) is 18.1. The number of ketones is 1. The Morgan fingerprint density at radius 3 is 2.47 bits per heavy atom. The summed E-state index contributed by atoms with van der Waals surface area (Å²) in [6, 6.07) is 4.09. The van der Waals surface area contributed by atoms with Gasteiger partial charge in [0.25, 0.3) is 0 Å². The number of aromatic hydroxyl groups is 1. The number of halogens is 1. The van der Waals surface area contributed by atoms with Crippen LogP contribution in [0.1, 0.15) is 23.2 Å². The number of hydrogen-bond acceptors (Lipinski definition) is 3. The van der Waals surface area contributed by atoms with Crippen molar-refractivity contribution in [3.63, 3.8) is 0 Å². The van der Waals surface area contributed by atoms with Gasteiger partial charge in [-0.2, -0.15) is 0 Å². The molecular formula is C10H9ClO4. The fourth-order valence-corrected chi connectivity index (χ4v) is 1.26. The Bertz CT molecular complexity index is 400. The molecule has 1 aromatic carbocycles. The molecule has 15 heavy (non-hydrogen) atoms. The van der Waals surface area contributed by atoms with Crippen LogP contribution < -0.4 is 0 Å². The van der Waals surface area contributed by atoms with E-state index in [0.717, 1.165) is 0 Å². The Morgan fingerprint density at radius 1 is 1.27 bits per heavy atom. The first-order valence-electron chi connectivity index (χ1n) is 4.24. The third-order valence-corrected chi connectivity index (χ3v) is 2.06. The maximum Gasteiger partial charge on any atom is 0.303 e. The average molecular weight is 229 g/mol. The number of Topliss-reactive ketones (excluding diaryl/α,β-unsaturated/α-hetero) is 1. The van der Waals surface area contributed by atoms with Crippen LogP contribution >= 0.6 is 11.6 Å². The summed E-state index contributed by atoms with van der Waals surface area (Å²) in [7, 11) is 0. The maximum absolute atomic E-state index is 11.4. The van der Waals surface area contributed by atoms with Crippen LogP contribution in [0.2, 0.25) is 5.02 Å². The maximum atomic E-state index is 11.4. The Hall–Kier alpha value is -1.55. The fraction of sp³-hybridized carbons (Fsp3) is 0.200. The van der Waals surface area contributed by atoms with Crippen molar-refractivity contribution in [1.82, 2.24) is 0 Å². The van der Waals surface area contributed by atoms with Crippen LogP contribution in [0.4, 0.5) is 0 Å². The van der Waals surface area contributed by atoms with Gasteiger partial charge in [-0.05, 0) is 18.2 Å². The number of carbonyl (C=O) groups excluding carboxylic acids is 1. The molecule has 0 aliphatic carbocycles. The smallest absolute Gasteiger partial charge is 0.303 e. The van der Waals surface area contributed by atoms with Crippen molar-refractivity contribution in [3.8, 4) is 5.75 Å². The summed E-state index contributed by atoms with van der Waals surface area (Å²) < 4.78 is 0. The van der Waals surface area contributed by atoms with Gasteiger partial charge in [-0.25, -0.2) is 0 Å². The second kappa shape index (κ2) is 4.79. The number of carboxylic acid groups (broad SMARTS) is 1. The number of hydrogen-bond donors (Lipinski definition) is 2. The van der Waals surface area contributed by atoms with Crippen LogP contribution in [0.25, 0.3) is 0 Å². The van der Waals surface area contributed by atoms with Gasteiger partial charge in [-0.3, -0.25) is 9.59 Å². The zero-order valence-electron chi connectivity index (χ0n) is 7.74. The summed E-state index contributed by atoms with van der Waals surface area (Å²) in [6.07, 6.45) is -0.384. The van der Waals surface area contributed by atoms with E-state index >= 15 is 0 Å². The van der Waals surface area contributed by atoms with E-state index in [1.165, 1.54) is 18.2 Å². The summed E-state index contributed by atoms with van der Waals surface area (Å²) in [5.74, 6) is -1.68. The molecule has 80 valence electrons. The lowest BCUT2D eigenvalue weighted by Gasteiger charge is -2.02. The molecule has 1 rings (SSSR count). The number of carboxylic acids is 1. The minimum absolute atomic E-state index is 0.0978. The van der Waals surface area contributed by atoms with Crippen LogP contribution in [-0.4, -0.2) is 22.0 Å². The molecule has 0 saturated heterocycles. The van der Waals surface area contributed by atoms with Gasteiger partial charge in [0.2, 0.25) is 0 Å². The molecule has 0 amide bonds. The molecular weight excluding hydrogens is 220 g/mol. The number of rotatable bonds is 4. The topological polar surface area (TPSA) is 74.6 Å². The number of phenols is 1. The monoisotopic (exact) mass is 228 g/mol. The van der Waals surface area contributed by atoms with E-state index in [9.17, 15) is 14.7 Å². The van der Waals surface area contributed by atoms with Gasteiger partial charge < -0.3 is 10.2 Å². The second-order valence-corrected chi connectivity index (χ2v) is 3.41. The average Bonchev–Trinajstić information content (AvgIpc) is 2.14. The van der Waals surface area contributed by atoms with Gasteiger partial charge in [-0.1, -0.05) is 11.6 Å². The Balaban J connectivity index is 2.78. The van der Waals surface area contributed by atoms with E-state index in [1.807, 2.05) is 0 Å². The highest BCUT2D eigenvalue weighted by atomic mass is 35.5. The molecule has 0 unspecified atom stereocenters. The predicted octanol–water partition coefficient (Wildman–Crippen LogP) is 2.09. The van der Waals surface area contributed by atoms with Crippen LogP contribution in [-0.2, 0) is 4.79 Å². The molecule has 0 spiro atoms. The highest BCUT2D eigenvalue weighted by molar-refractivity contribution is 6.30. The van der Waals surface area contributed by atoms with Gasteiger partial charge in [0, 0.05) is 11.4 Å². The molecule has 2 N–H and O–H groups in total. The van der Waals surface area contributed by atoms with E-state index in [2.05, 4.69) is 0 Å². The van der Waals surface area contributed by atoms with Crippen molar-refractivity contribution in [2.75, 3.05) is 0 Å². The van der Waals surface area contributed by atoms with Gasteiger partial charge in [-0.15, -0.1) is 0 Å². The Morgan fingerprint density at radius 2 is 1.93 bits per heavy atom. The molecule has 1 aromatic rings. The van der Waals surface area contributed by atoms with Crippen LogP contribution in [0.3, 0.4) is 0 Å². The Kier molecular flexibility index (Phi) is 3.68. The molecule has 0 radical (unpaired) electrons. The first-order chi connectivity index (χ1) is 7.00. The van der Waals surface area contributed by atoms with Crippen molar-refractivity contribution in [3.05, 3.63) is 28.8 Å². The number of benzene rings is 1. The molecule has 0 bridgehead atoms. The van der Waals surface area contributed by atoms with E-state index in [-0.39, 0.29) is 24.2 Å². The minimum Gasteiger partial charge on any atom is -0.507 e. The van der Waals surface area contributed by atoms with E-state index < -0.39 is 11.8 Å². The highest BCUT2D eigenvalue weighted by Gasteiger charge is 2.12. The molecule has 0 fully saturated rings. The van der Waals surface area contributed by atoms with Crippen molar-refractivity contribution in [1.29, 1.82) is 0 Å². The van der Waals surface area contributed by atoms with Crippen LogP contribution in [0.5, 0.6) is 5.75 Å². The predicted molar refractivity (Wildman–Crippen MR) is 54.3 cm³/mol. The van der Waals surface area contributed by atoms with Crippen molar-refractivity contribution in [2.45, 2.75) is 12.8 Å². The van der Waals surface area contributed by atoms with Crippen LogP contribution in [0, 0.1) is 0 Å². The second-order valence-electron chi connectivity index (χ2n) is 2.98. The number of carbonyl (C=O) groups is 2. The largest absolute Gasteiger partial charge is 0.507 e. The van der Waals surface area contributed by atoms with Crippen molar-refractivity contribution < 1.29 is 19.8 Å². The summed E-state index contributed by atoms with van der Waals surface area (Å²) >= 11 is 5.58. The third kappa shape index (κ3) is 3.25. The molecule has 0 aliphatic heterocycles. The first-order valence-corrected chi connectivity index (χ1v) is 4.62. The zero-order chi connectivity index (χ0) is 11.4. The lowest BCUT2D eigenvalue weighted by atomic mass is 10.1. The molecule has 0 heterocycles. The normalized spacial score (nSPS) is 9.93. The number of aliphatic carboxylic acids is 1. The molecule has 4 nitrogen and oxygen atoms in total. The Labute approximate surface area is 91.1 Å². The van der Waals surface area contributed by atoms with Gasteiger partial charge in [0.1, 0.15) is 5.75 Å².